The van der Waals surface area contributed by atoms with E-state index in [0.29, 0.717) is 28.5 Å². The number of nitrogens with zero attached hydrogens (tertiary/aromatic N) is 5. The van der Waals surface area contributed by atoms with Crippen LogP contribution in [0.1, 0.15) is 11.8 Å². The largest absolute Gasteiger partial charge is 0.420 e. The van der Waals surface area contributed by atoms with Gasteiger partial charge in [0.25, 0.3) is 0 Å². The number of benzene rings is 1. The maximum Gasteiger partial charge on any atom is 0.247 e. The molecule has 0 atom stereocenters. The molecule has 118 valence electrons. The first-order valence-electron chi connectivity index (χ1n) is 7.09. The molecule has 7 nitrogen and oxygen atoms in total. The summed E-state index contributed by atoms with van der Waals surface area (Å²) in [5, 5.41) is 12.6. The average Bonchev–Trinajstić information content (AvgIpc) is 3.26. The average molecular weight is 340 g/mol. The summed E-state index contributed by atoms with van der Waals surface area (Å²) in [5.41, 5.74) is 1.58. The third-order valence-electron chi connectivity index (χ3n) is 3.25. The van der Waals surface area contributed by atoms with E-state index >= 15 is 0 Å². The Balaban J connectivity index is 1.54. The number of halogens is 1. The third-order valence-corrected chi connectivity index (χ3v) is 3.48. The van der Waals surface area contributed by atoms with Gasteiger partial charge in [0.2, 0.25) is 23.5 Å². The molecule has 4 aromatic rings. The van der Waals surface area contributed by atoms with E-state index in [2.05, 4.69) is 25.3 Å². The first kappa shape index (κ1) is 14.5. The normalized spacial score (nSPS) is 10.9. The SMILES string of the molecule is Clc1cccc(-c2nnc(Cc3nc(-c4ccncc4)no3)o2)c1. The van der Waals surface area contributed by atoms with Gasteiger partial charge >= 0.3 is 0 Å². The minimum atomic E-state index is 0.256. The van der Waals surface area contributed by atoms with Gasteiger partial charge in [0.05, 0.1) is 0 Å². The Morgan fingerprint density at radius 2 is 1.83 bits per heavy atom. The summed E-state index contributed by atoms with van der Waals surface area (Å²) in [6.07, 6.45) is 3.59. The molecule has 0 aliphatic rings. The van der Waals surface area contributed by atoms with Crippen molar-refractivity contribution in [1.82, 2.24) is 25.3 Å². The Bertz CT molecular complexity index is 967. The molecule has 0 saturated carbocycles. The molecule has 8 heteroatoms. The topological polar surface area (TPSA) is 90.7 Å². The lowest BCUT2D eigenvalue weighted by Gasteiger charge is -1.94. The fourth-order valence-corrected chi connectivity index (χ4v) is 2.33. The Morgan fingerprint density at radius 1 is 0.958 bits per heavy atom. The van der Waals surface area contributed by atoms with Gasteiger partial charge in [0, 0.05) is 28.5 Å². The number of rotatable bonds is 4. The molecule has 0 amide bonds. The number of hydrogen-bond donors (Lipinski definition) is 0. The Hall–Kier alpha value is -3.06. The van der Waals surface area contributed by atoms with Crippen molar-refractivity contribution in [2.75, 3.05) is 0 Å². The highest BCUT2D eigenvalue weighted by Crippen LogP contribution is 2.22. The molecule has 0 radical (unpaired) electrons. The molecule has 0 bridgehead atoms. The van der Waals surface area contributed by atoms with Gasteiger partial charge in [-0.25, -0.2) is 0 Å². The van der Waals surface area contributed by atoms with Crippen LogP contribution in [0.3, 0.4) is 0 Å². The zero-order valence-electron chi connectivity index (χ0n) is 12.3. The van der Waals surface area contributed by atoms with E-state index in [9.17, 15) is 0 Å². The van der Waals surface area contributed by atoms with Crippen molar-refractivity contribution in [2.24, 2.45) is 0 Å². The van der Waals surface area contributed by atoms with Crippen molar-refractivity contribution in [3.05, 3.63) is 65.6 Å². The minimum absolute atomic E-state index is 0.256. The van der Waals surface area contributed by atoms with E-state index in [1.807, 2.05) is 12.1 Å². The van der Waals surface area contributed by atoms with Gasteiger partial charge in [0.1, 0.15) is 6.42 Å². The number of aromatic nitrogens is 5. The lowest BCUT2D eigenvalue weighted by Crippen LogP contribution is -1.89. The highest BCUT2D eigenvalue weighted by atomic mass is 35.5. The van der Waals surface area contributed by atoms with Crippen LogP contribution < -0.4 is 0 Å². The van der Waals surface area contributed by atoms with E-state index in [4.69, 9.17) is 20.5 Å². The third kappa shape index (κ3) is 3.02. The highest BCUT2D eigenvalue weighted by Gasteiger charge is 2.14. The first-order chi connectivity index (χ1) is 11.8. The van der Waals surface area contributed by atoms with Crippen molar-refractivity contribution < 1.29 is 8.94 Å². The molecule has 1 aromatic carbocycles. The molecule has 0 unspecified atom stereocenters. The summed E-state index contributed by atoms with van der Waals surface area (Å²) in [6, 6.07) is 10.8. The first-order valence-corrected chi connectivity index (χ1v) is 7.47. The maximum absolute atomic E-state index is 5.96. The molecule has 0 saturated heterocycles. The van der Waals surface area contributed by atoms with E-state index < -0.39 is 0 Å². The van der Waals surface area contributed by atoms with Crippen LogP contribution in [-0.4, -0.2) is 25.3 Å². The zero-order chi connectivity index (χ0) is 16.4. The van der Waals surface area contributed by atoms with Gasteiger partial charge in [-0.15, -0.1) is 10.2 Å². The van der Waals surface area contributed by atoms with Gasteiger partial charge in [0.15, 0.2) is 0 Å². The summed E-state index contributed by atoms with van der Waals surface area (Å²) < 4.78 is 10.9. The monoisotopic (exact) mass is 339 g/mol. The van der Waals surface area contributed by atoms with Crippen LogP contribution in [0.15, 0.2) is 57.7 Å². The van der Waals surface area contributed by atoms with Crippen LogP contribution in [0, 0.1) is 0 Å². The standard InChI is InChI=1S/C16H10ClN5O2/c17-12-3-1-2-11(8-12)16-21-20-14(23-16)9-13-19-15(22-24-13)10-4-6-18-7-5-10/h1-8H,9H2. The predicted octanol–water partition coefficient (Wildman–Crippen LogP) is 3.43. The lowest BCUT2D eigenvalue weighted by atomic mass is 10.2. The highest BCUT2D eigenvalue weighted by molar-refractivity contribution is 6.30. The molecule has 0 N–H and O–H groups in total. The number of pyridine rings is 1. The Labute approximate surface area is 141 Å². The summed E-state index contributed by atoms with van der Waals surface area (Å²) in [7, 11) is 0. The van der Waals surface area contributed by atoms with Gasteiger partial charge in [-0.05, 0) is 30.3 Å². The van der Waals surface area contributed by atoms with Gasteiger partial charge in [-0.2, -0.15) is 4.98 Å². The second-order valence-electron chi connectivity index (χ2n) is 4.94. The number of hydrogen-bond acceptors (Lipinski definition) is 7. The minimum Gasteiger partial charge on any atom is -0.420 e. The molecule has 0 spiro atoms. The van der Waals surface area contributed by atoms with Crippen LogP contribution in [0.5, 0.6) is 0 Å². The van der Waals surface area contributed by atoms with Gasteiger partial charge in [-0.3, -0.25) is 4.98 Å². The predicted molar refractivity (Wildman–Crippen MR) is 85.1 cm³/mol. The molecule has 3 aromatic heterocycles. The fourth-order valence-electron chi connectivity index (χ4n) is 2.14. The summed E-state index contributed by atoms with van der Waals surface area (Å²) in [5.74, 6) is 1.65. The fraction of sp³-hybridized carbons (Fsp3) is 0.0625. The molecular weight excluding hydrogens is 330 g/mol. The van der Waals surface area contributed by atoms with E-state index in [1.54, 1.807) is 36.7 Å². The van der Waals surface area contributed by atoms with Gasteiger partial charge in [-0.1, -0.05) is 22.8 Å². The van der Waals surface area contributed by atoms with E-state index in [0.717, 1.165) is 11.1 Å². The lowest BCUT2D eigenvalue weighted by molar-refractivity contribution is 0.374. The smallest absolute Gasteiger partial charge is 0.247 e. The van der Waals surface area contributed by atoms with Gasteiger partial charge < -0.3 is 8.94 Å². The maximum atomic E-state index is 5.96. The Kier molecular flexibility index (Phi) is 3.76. The van der Waals surface area contributed by atoms with Crippen LogP contribution in [0.4, 0.5) is 0 Å². The van der Waals surface area contributed by atoms with Crippen LogP contribution >= 0.6 is 11.6 Å². The second kappa shape index (κ2) is 6.21. The molecule has 0 fully saturated rings. The molecule has 0 aliphatic heterocycles. The van der Waals surface area contributed by atoms with Crippen molar-refractivity contribution >= 4 is 11.6 Å². The summed E-state index contributed by atoms with van der Waals surface area (Å²) in [6.45, 7) is 0. The Morgan fingerprint density at radius 3 is 2.67 bits per heavy atom. The molecule has 24 heavy (non-hydrogen) atoms. The molecule has 4 rings (SSSR count). The van der Waals surface area contributed by atoms with Crippen molar-refractivity contribution in [2.45, 2.75) is 6.42 Å². The van der Waals surface area contributed by atoms with E-state index in [-0.39, 0.29) is 6.42 Å². The van der Waals surface area contributed by atoms with Crippen molar-refractivity contribution in [3.63, 3.8) is 0 Å². The zero-order valence-corrected chi connectivity index (χ0v) is 13.0. The molecule has 3 heterocycles. The van der Waals surface area contributed by atoms with Crippen LogP contribution in [-0.2, 0) is 6.42 Å². The summed E-state index contributed by atoms with van der Waals surface area (Å²) in [4.78, 5) is 8.27. The van der Waals surface area contributed by atoms with Crippen LogP contribution in [0.25, 0.3) is 22.8 Å². The van der Waals surface area contributed by atoms with Crippen molar-refractivity contribution in [3.8, 4) is 22.8 Å². The van der Waals surface area contributed by atoms with Crippen LogP contribution in [0.2, 0.25) is 5.02 Å². The second-order valence-corrected chi connectivity index (χ2v) is 5.37. The molecular formula is C16H10ClN5O2. The molecule has 0 aliphatic carbocycles. The van der Waals surface area contributed by atoms with E-state index in [1.165, 1.54) is 0 Å². The summed E-state index contributed by atoms with van der Waals surface area (Å²) >= 11 is 5.96. The quantitative estimate of drug-likeness (QED) is 0.562. The van der Waals surface area contributed by atoms with Crippen molar-refractivity contribution in [1.29, 1.82) is 0 Å².